The van der Waals surface area contributed by atoms with Gasteiger partial charge in [0, 0.05) is 19.1 Å². The second-order valence-electron chi connectivity index (χ2n) is 3.15. The van der Waals surface area contributed by atoms with E-state index in [9.17, 15) is 4.79 Å². The molecule has 0 saturated carbocycles. The maximum Gasteiger partial charge on any atom is 0.330 e. The van der Waals surface area contributed by atoms with Gasteiger partial charge < -0.3 is 9.47 Å². The van der Waals surface area contributed by atoms with Crippen LogP contribution in [-0.2, 0) is 14.3 Å². The fourth-order valence-electron chi connectivity index (χ4n) is 1.30. The van der Waals surface area contributed by atoms with E-state index in [1.807, 2.05) is 13.0 Å². The number of hydrogen-bond acceptors (Lipinski definition) is 3. The third kappa shape index (κ3) is 5.02. The van der Waals surface area contributed by atoms with Crippen molar-refractivity contribution in [2.75, 3.05) is 13.7 Å². The smallest absolute Gasteiger partial charge is 0.330 e. The van der Waals surface area contributed by atoms with Crippen molar-refractivity contribution in [3.63, 3.8) is 0 Å². The average molecular weight is 200 g/mol. The zero-order chi connectivity index (χ0) is 11.0. The predicted octanol–water partition coefficient (Wildman–Crippen LogP) is 2.17. The molecule has 0 aromatic heterocycles. The molecule has 2 atom stereocenters. The zero-order valence-corrected chi connectivity index (χ0v) is 9.45. The summed E-state index contributed by atoms with van der Waals surface area (Å²) in [4.78, 5) is 11.0. The number of carbonyl (C=O) groups is 1. The van der Waals surface area contributed by atoms with Crippen LogP contribution < -0.4 is 0 Å². The molecular weight excluding hydrogens is 180 g/mol. The van der Waals surface area contributed by atoms with Crippen LogP contribution in [0.15, 0.2) is 12.2 Å². The quantitative estimate of drug-likeness (QED) is 0.487. The average Bonchev–Trinajstić information content (AvgIpc) is 2.17. The lowest BCUT2D eigenvalue weighted by Crippen LogP contribution is -2.17. The Bertz CT molecular complexity index is 183. The standard InChI is InChI=1S/C11H20O3/c1-5-10(13-4)9(3)7-8-11(12)14-6-2/h7-10H,5-6H2,1-4H3/t9-,10-/m0/s1. The summed E-state index contributed by atoms with van der Waals surface area (Å²) in [6, 6.07) is 0. The molecule has 0 aromatic rings. The highest BCUT2D eigenvalue weighted by atomic mass is 16.5. The Hall–Kier alpha value is -0.830. The van der Waals surface area contributed by atoms with Gasteiger partial charge in [-0.15, -0.1) is 0 Å². The van der Waals surface area contributed by atoms with Crippen molar-refractivity contribution >= 4 is 5.97 Å². The van der Waals surface area contributed by atoms with Gasteiger partial charge in [0.1, 0.15) is 0 Å². The van der Waals surface area contributed by atoms with Crippen LogP contribution in [0.2, 0.25) is 0 Å². The molecule has 0 N–H and O–H groups in total. The van der Waals surface area contributed by atoms with Crippen LogP contribution in [0.1, 0.15) is 27.2 Å². The molecule has 0 saturated heterocycles. The predicted molar refractivity (Wildman–Crippen MR) is 56.0 cm³/mol. The van der Waals surface area contributed by atoms with Gasteiger partial charge in [-0.05, 0) is 13.3 Å². The third-order valence-corrected chi connectivity index (χ3v) is 2.11. The molecule has 0 fully saturated rings. The minimum atomic E-state index is -0.287. The van der Waals surface area contributed by atoms with Gasteiger partial charge in [0.05, 0.1) is 12.7 Å². The van der Waals surface area contributed by atoms with Crippen LogP contribution in [0.25, 0.3) is 0 Å². The highest BCUT2D eigenvalue weighted by molar-refractivity contribution is 5.81. The monoisotopic (exact) mass is 200 g/mol. The molecule has 0 bridgehead atoms. The summed E-state index contributed by atoms with van der Waals surface area (Å²) in [6.07, 6.45) is 4.40. The highest BCUT2D eigenvalue weighted by Crippen LogP contribution is 2.11. The Kier molecular flexibility index (Phi) is 7.11. The molecule has 0 rings (SSSR count). The SMILES string of the molecule is CCOC(=O)C=C[C@H](C)[C@H](CC)OC. The lowest BCUT2D eigenvalue weighted by molar-refractivity contribution is -0.137. The summed E-state index contributed by atoms with van der Waals surface area (Å²) in [6.45, 7) is 6.29. The van der Waals surface area contributed by atoms with Crippen LogP contribution in [0, 0.1) is 5.92 Å². The van der Waals surface area contributed by atoms with Crippen LogP contribution in [-0.4, -0.2) is 25.8 Å². The molecule has 0 aliphatic carbocycles. The first-order valence-corrected chi connectivity index (χ1v) is 5.03. The summed E-state index contributed by atoms with van der Waals surface area (Å²) in [5, 5.41) is 0. The summed E-state index contributed by atoms with van der Waals surface area (Å²) < 4.78 is 10.0. The van der Waals surface area contributed by atoms with E-state index in [0.717, 1.165) is 6.42 Å². The van der Waals surface area contributed by atoms with Gasteiger partial charge in [0.2, 0.25) is 0 Å². The number of esters is 1. The Labute approximate surface area is 86.1 Å². The molecule has 0 spiro atoms. The van der Waals surface area contributed by atoms with E-state index in [2.05, 4.69) is 6.92 Å². The Morgan fingerprint density at radius 2 is 2.07 bits per heavy atom. The van der Waals surface area contributed by atoms with Gasteiger partial charge in [-0.1, -0.05) is 19.9 Å². The normalized spacial score (nSPS) is 15.4. The van der Waals surface area contributed by atoms with Crippen LogP contribution in [0.5, 0.6) is 0 Å². The minimum absolute atomic E-state index is 0.167. The highest BCUT2D eigenvalue weighted by Gasteiger charge is 2.11. The Morgan fingerprint density at radius 1 is 1.43 bits per heavy atom. The van der Waals surface area contributed by atoms with E-state index in [4.69, 9.17) is 9.47 Å². The molecule has 0 heterocycles. The zero-order valence-electron chi connectivity index (χ0n) is 9.45. The largest absolute Gasteiger partial charge is 0.463 e. The van der Waals surface area contributed by atoms with Crippen molar-refractivity contribution in [2.45, 2.75) is 33.3 Å². The second-order valence-corrected chi connectivity index (χ2v) is 3.15. The number of carbonyl (C=O) groups excluding carboxylic acids is 1. The van der Waals surface area contributed by atoms with Crippen molar-refractivity contribution < 1.29 is 14.3 Å². The van der Waals surface area contributed by atoms with Gasteiger partial charge in [-0.25, -0.2) is 4.79 Å². The van der Waals surface area contributed by atoms with Gasteiger partial charge in [0.15, 0.2) is 0 Å². The first-order chi connectivity index (χ1) is 6.65. The van der Waals surface area contributed by atoms with Gasteiger partial charge in [0.25, 0.3) is 0 Å². The summed E-state index contributed by atoms with van der Waals surface area (Å²) in [7, 11) is 1.68. The fourth-order valence-corrected chi connectivity index (χ4v) is 1.30. The van der Waals surface area contributed by atoms with Crippen LogP contribution in [0.4, 0.5) is 0 Å². The van der Waals surface area contributed by atoms with E-state index in [0.29, 0.717) is 6.61 Å². The van der Waals surface area contributed by atoms with Crippen molar-refractivity contribution in [3.8, 4) is 0 Å². The van der Waals surface area contributed by atoms with Crippen molar-refractivity contribution in [1.82, 2.24) is 0 Å². The van der Waals surface area contributed by atoms with Gasteiger partial charge in [-0.2, -0.15) is 0 Å². The summed E-state index contributed by atoms with van der Waals surface area (Å²) in [5.74, 6) is -0.0558. The van der Waals surface area contributed by atoms with E-state index in [1.54, 1.807) is 14.0 Å². The van der Waals surface area contributed by atoms with Gasteiger partial charge in [-0.3, -0.25) is 0 Å². The Balaban J connectivity index is 4.02. The Morgan fingerprint density at radius 3 is 2.50 bits per heavy atom. The molecule has 14 heavy (non-hydrogen) atoms. The van der Waals surface area contributed by atoms with E-state index in [1.165, 1.54) is 6.08 Å². The molecule has 82 valence electrons. The molecule has 0 aliphatic rings. The second kappa shape index (κ2) is 7.56. The molecule has 0 amide bonds. The number of ether oxygens (including phenoxy) is 2. The molecule has 0 aromatic carbocycles. The van der Waals surface area contributed by atoms with E-state index >= 15 is 0 Å². The fraction of sp³-hybridized carbons (Fsp3) is 0.727. The van der Waals surface area contributed by atoms with Gasteiger partial charge >= 0.3 is 5.97 Å². The topological polar surface area (TPSA) is 35.5 Å². The molecule has 0 aliphatic heterocycles. The minimum Gasteiger partial charge on any atom is -0.463 e. The lowest BCUT2D eigenvalue weighted by Gasteiger charge is -2.17. The molecule has 3 heteroatoms. The first kappa shape index (κ1) is 13.2. The third-order valence-electron chi connectivity index (χ3n) is 2.11. The summed E-state index contributed by atoms with van der Waals surface area (Å²) >= 11 is 0. The number of hydrogen-bond donors (Lipinski definition) is 0. The van der Waals surface area contributed by atoms with Crippen molar-refractivity contribution in [1.29, 1.82) is 0 Å². The lowest BCUT2D eigenvalue weighted by atomic mass is 10.0. The molecule has 0 radical (unpaired) electrons. The molecule has 3 nitrogen and oxygen atoms in total. The van der Waals surface area contributed by atoms with Crippen LogP contribution in [0.3, 0.4) is 0 Å². The van der Waals surface area contributed by atoms with Crippen molar-refractivity contribution in [2.24, 2.45) is 5.92 Å². The van der Waals surface area contributed by atoms with E-state index in [-0.39, 0.29) is 18.0 Å². The maximum atomic E-state index is 11.0. The summed E-state index contributed by atoms with van der Waals surface area (Å²) in [5.41, 5.74) is 0. The number of rotatable bonds is 6. The number of methoxy groups -OCH3 is 1. The molecule has 0 unspecified atom stereocenters. The van der Waals surface area contributed by atoms with Crippen LogP contribution >= 0.6 is 0 Å². The first-order valence-electron chi connectivity index (χ1n) is 5.03. The maximum absolute atomic E-state index is 11.0. The molecular formula is C11H20O3. The van der Waals surface area contributed by atoms with Crippen molar-refractivity contribution in [3.05, 3.63) is 12.2 Å². The van der Waals surface area contributed by atoms with E-state index < -0.39 is 0 Å².